The Kier molecular flexibility index (Phi) is 9.40. The van der Waals surface area contributed by atoms with Crippen molar-refractivity contribution in [3.8, 4) is 5.75 Å². The molecule has 0 unspecified atom stereocenters. The van der Waals surface area contributed by atoms with Crippen LogP contribution >= 0.6 is 34.8 Å². The van der Waals surface area contributed by atoms with Crippen LogP contribution in [0.15, 0.2) is 24.3 Å². The minimum Gasteiger partial charge on any atom is -0.508 e. The summed E-state index contributed by atoms with van der Waals surface area (Å²) >= 11 is 16.7. The van der Waals surface area contributed by atoms with E-state index in [0.717, 1.165) is 0 Å². The number of aromatic hydroxyl groups is 1. The monoisotopic (exact) mass is 364 g/mol. The molecule has 0 radical (unpaired) electrons. The van der Waals surface area contributed by atoms with Gasteiger partial charge in [-0.3, -0.25) is 0 Å². The van der Waals surface area contributed by atoms with Gasteiger partial charge in [-0.15, -0.1) is 0 Å². The number of halogens is 3. The molecule has 0 aromatic heterocycles. The molecule has 1 aromatic carbocycles. The predicted molar refractivity (Wildman–Crippen MR) is 72.9 cm³/mol. The Bertz CT molecular complexity index is 314. The first kappa shape index (κ1) is 20.0. The van der Waals surface area contributed by atoms with Crippen LogP contribution in [-0.2, 0) is 23.3 Å². The van der Waals surface area contributed by atoms with Crippen molar-refractivity contribution in [2.75, 3.05) is 0 Å². The average Bonchev–Trinajstić information content (AvgIpc) is 1.99. The minimum absolute atomic E-state index is 0. The number of phenols is 1. The van der Waals surface area contributed by atoms with Gasteiger partial charge < -0.3 is 9.90 Å². The molecule has 0 aliphatic heterocycles. The van der Waals surface area contributed by atoms with Gasteiger partial charge in [0.2, 0.25) is 3.79 Å². The first-order valence-corrected chi connectivity index (χ1v) is 9.17. The number of alkyl halides is 3. The van der Waals surface area contributed by atoms with E-state index in [1.807, 2.05) is 19.6 Å². The van der Waals surface area contributed by atoms with Gasteiger partial charge >= 0.3 is 0 Å². The molecule has 0 bridgehead atoms. The van der Waals surface area contributed by atoms with E-state index < -0.39 is 12.1 Å². The van der Waals surface area contributed by atoms with Crippen molar-refractivity contribution in [1.82, 2.24) is 0 Å². The summed E-state index contributed by atoms with van der Waals surface area (Å²) in [5.41, 5.74) is 0.542. The number of hydrogen-bond donors (Lipinski definition) is 2. The van der Waals surface area contributed by atoms with Gasteiger partial charge in [0.05, 0.1) is 0 Å². The van der Waals surface area contributed by atoms with Crippen LogP contribution < -0.4 is 0 Å². The summed E-state index contributed by atoms with van der Waals surface area (Å²) in [6.45, 7) is 5.65. The fraction of sp³-hybridized carbons (Fsp3) is 0.400. The largest absolute Gasteiger partial charge is 0.508 e. The molecule has 0 heterocycles. The van der Waals surface area contributed by atoms with E-state index in [0.29, 0.717) is 5.56 Å². The smallest absolute Gasteiger partial charge is 0.216 e. The summed E-state index contributed by atoms with van der Waals surface area (Å²) in [6.07, 6.45) is 0. The molecule has 0 aliphatic carbocycles. The maximum atomic E-state index is 8.89. The Hall–Kier alpha value is 0.690. The third-order valence-electron chi connectivity index (χ3n) is 1.19. The molecule has 1 rings (SSSR count). The molecule has 0 atom stereocenters. The summed E-state index contributed by atoms with van der Waals surface area (Å²) in [7, 11) is -1.61. The van der Waals surface area contributed by atoms with Crippen LogP contribution in [0.25, 0.3) is 0 Å². The van der Waals surface area contributed by atoms with Crippen molar-refractivity contribution in [3.05, 3.63) is 29.8 Å². The molecule has 2 nitrogen and oxygen atoms in total. The first-order valence-electron chi connectivity index (χ1n) is 4.59. The zero-order chi connectivity index (χ0) is 13.0. The van der Waals surface area contributed by atoms with Crippen molar-refractivity contribution < 1.29 is 29.4 Å². The Morgan fingerprint density at radius 2 is 1.29 bits per heavy atom. The van der Waals surface area contributed by atoms with Crippen molar-refractivity contribution in [2.45, 2.75) is 23.4 Å². The third kappa shape index (κ3) is 12.9. The molecule has 0 saturated heterocycles. The SMILES string of the molecule is C[Si](C)(C)O.Oc1ccc(C(Cl)(Cl)Cl)cc1.[Zn]. The van der Waals surface area contributed by atoms with Crippen LogP contribution in [-0.4, -0.2) is 18.2 Å². The van der Waals surface area contributed by atoms with Gasteiger partial charge in [0.25, 0.3) is 0 Å². The first-order chi connectivity index (χ1) is 7.00. The Morgan fingerprint density at radius 1 is 1.00 bits per heavy atom. The second-order valence-corrected chi connectivity index (χ2v) is 10.8. The Labute approximate surface area is 131 Å². The maximum Gasteiger partial charge on any atom is 0.216 e. The molecule has 7 heteroatoms. The minimum atomic E-state index is -1.61. The van der Waals surface area contributed by atoms with E-state index >= 15 is 0 Å². The second-order valence-electron chi connectivity index (χ2n) is 4.22. The van der Waals surface area contributed by atoms with Crippen LogP contribution in [0.3, 0.4) is 0 Å². The van der Waals surface area contributed by atoms with Crippen molar-refractivity contribution in [1.29, 1.82) is 0 Å². The summed E-state index contributed by atoms with van der Waals surface area (Å²) in [4.78, 5) is 8.66. The predicted octanol–water partition coefficient (Wildman–Crippen LogP) is 4.03. The normalized spacial score (nSPS) is 11.0. The molecule has 0 saturated carbocycles. The molecule has 0 spiro atoms. The molecule has 0 aliphatic rings. The summed E-state index contributed by atoms with van der Waals surface area (Å²) in [6, 6.07) is 6.05. The van der Waals surface area contributed by atoms with Gasteiger partial charge in [0.1, 0.15) is 5.75 Å². The number of hydrogen-bond acceptors (Lipinski definition) is 2. The standard InChI is InChI=1S/C7H5Cl3O.C3H10OSi.Zn/c8-7(9,10)5-1-3-6(11)4-2-5;1-5(2,3)4;/h1-4,11H;4H,1-3H3;. The average molecular weight is 367 g/mol. The Balaban J connectivity index is 0. The molecule has 1 aromatic rings. The number of rotatable bonds is 0. The molecule has 2 N–H and O–H groups in total. The molecule has 94 valence electrons. The molecule has 0 fully saturated rings. The quantitative estimate of drug-likeness (QED) is 0.537. The third-order valence-corrected chi connectivity index (χ3v) is 1.85. The zero-order valence-electron chi connectivity index (χ0n) is 10.0. The molecular weight excluding hydrogens is 352 g/mol. The topological polar surface area (TPSA) is 40.5 Å². The summed E-state index contributed by atoms with van der Waals surface area (Å²) < 4.78 is -1.41. The van der Waals surface area contributed by atoms with E-state index in [2.05, 4.69) is 0 Å². The van der Waals surface area contributed by atoms with Crippen molar-refractivity contribution in [3.63, 3.8) is 0 Å². The van der Waals surface area contributed by atoms with E-state index in [1.54, 1.807) is 12.1 Å². The zero-order valence-corrected chi connectivity index (χ0v) is 16.3. The van der Waals surface area contributed by atoms with Gasteiger partial charge in [-0.2, -0.15) is 0 Å². The molecule has 17 heavy (non-hydrogen) atoms. The van der Waals surface area contributed by atoms with Gasteiger partial charge in [-0.05, 0) is 31.8 Å². The van der Waals surface area contributed by atoms with Gasteiger partial charge in [-0.1, -0.05) is 46.9 Å². The Morgan fingerprint density at radius 3 is 1.53 bits per heavy atom. The number of benzene rings is 1. The van der Waals surface area contributed by atoms with Crippen LogP contribution in [0.5, 0.6) is 5.75 Å². The summed E-state index contributed by atoms with van der Waals surface area (Å²) in [5.74, 6) is 0.156. The van der Waals surface area contributed by atoms with Crippen LogP contribution in [0.4, 0.5) is 0 Å². The fourth-order valence-corrected chi connectivity index (χ4v) is 1.03. The molecule has 0 amide bonds. The van der Waals surface area contributed by atoms with Gasteiger partial charge in [0, 0.05) is 25.0 Å². The van der Waals surface area contributed by atoms with E-state index in [9.17, 15) is 0 Å². The van der Waals surface area contributed by atoms with Crippen LogP contribution in [0.1, 0.15) is 5.56 Å². The fourth-order valence-electron chi connectivity index (χ4n) is 0.650. The van der Waals surface area contributed by atoms with Crippen molar-refractivity contribution >= 4 is 43.1 Å². The van der Waals surface area contributed by atoms with Crippen LogP contribution in [0.2, 0.25) is 19.6 Å². The van der Waals surface area contributed by atoms with E-state index in [4.69, 9.17) is 44.7 Å². The molecular formula is C10H15Cl3O2SiZn. The van der Waals surface area contributed by atoms with Gasteiger partial charge in [0.15, 0.2) is 8.32 Å². The maximum absolute atomic E-state index is 8.89. The van der Waals surface area contributed by atoms with Crippen LogP contribution in [0, 0.1) is 0 Å². The van der Waals surface area contributed by atoms with Crippen molar-refractivity contribution in [2.24, 2.45) is 0 Å². The number of phenolic OH excluding ortho intramolecular Hbond substituents is 1. The van der Waals surface area contributed by atoms with E-state index in [-0.39, 0.29) is 25.2 Å². The van der Waals surface area contributed by atoms with Gasteiger partial charge in [-0.25, -0.2) is 0 Å². The summed E-state index contributed by atoms with van der Waals surface area (Å²) in [5, 5.41) is 8.89. The van der Waals surface area contributed by atoms with E-state index in [1.165, 1.54) is 12.1 Å². The second kappa shape index (κ2) is 7.98.